The maximum Gasteiger partial charge on any atom is 0.238 e. The molecule has 1 atom stereocenters. The fourth-order valence-electron chi connectivity index (χ4n) is 1.57. The first-order chi connectivity index (χ1) is 8.43. The zero-order valence-electron chi connectivity index (χ0n) is 11.0. The minimum atomic E-state index is -3.58. The Labute approximate surface area is 110 Å². The topological polar surface area (TPSA) is 72.2 Å². The van der Waals surface area contributed by atoms with Crippen LogP contribution in [0.15, 0.2) is 29.2 Å². The van der Waals surface area contributed by atoms with E-state index < -0.39 is 10.0 Å². The van der Waals surface area contributed by atoms with Crippen LogP contribution in [0.25, 0.3) is 0 Å². The van der Waals surface area contributed by atoms with Gasteiger partial charge in [-0.1, -0.05) is 32.4 Å². The molecule has 0 aliphatic rings. The first kappa shape index (κ1) is 15.1. The molecule has 102 valence electrons. The molecule has 0 saturated heterocycles. The average Bonchev–Trinajstić information content (AvgIpc) is 2.33. The van der Waals surface area contributed by atoms with Crippen LogP contribution in [0.1, 0.15) is 25.8 Å². The summed E-state index contributed by atoms with van der Waals surface area (Å²) in [7, 11) is -3.58. The first-order valence-electron chi connectivity index (χ1n) is 6.26. The lowest BCUT2D eigenvalue weighted by Crippen LogP contribution is -2.23. The number of hydrogen-bond acceptors (Lipinski definition) is 3. The summed E-state index contributed by atoms with van der Waals surface area (Å²) in [4.78, 5) is 0.166. The highest BCUT2D eigenvalue weighted by Gasteiger charge is 2.06. The zero-order chi connectivity index (χ0) is 13.6. The SMILES string of the molecule is CCC(C)CNCCc1ccc(S(N)(=O)=O)cc1. The van der Waals surface area contributed by atoms with Crippen LogP contribution in [0.5, 0.6) is 0 Å². The summed E-state index contributed by atoms with van der Waals surface area (Å²) in [6.45, 7) is 6.32. The number of rotatable bonds is 7. The molecule has 0 amide bonds. The monoisotopic (exact) mass is 270 g/mol. The van der Waals surface area contributed by atoms with Crippen molar-refractivity contribution in [3.63, 3.8) is 0 Å². The van der Waals surface area contributed by atoms with E-state index in [1.165, 1.54) is 6.42 Å². The van der Waals surface area contributed by atoms with Crippen LogP contribution in [-0.4, -0.2) is 21.5 Å². The second kappa shape index (κ2) is 6.87. The highest BCUT2D eigenvalue weighted by atomic mass is 32.2. The second-order valence-electron chi connectivity index (χ2n) is 4.66. The number of primary sulfonamides is 1. The molecule has 0 fully saturated rings. The molecule has 4 nitrogen and oxygen atoms in total. The van der Waals surface area contributed by atoms with E-state index in [1.54, 1.807) is 12.1 Å². The van der Waals surface area contributed by atoms with Gasteiger partial charge >= 0.3 is 0 Å². The third-order valence-electron chi connectivity index (χ3n) is 3.03. The molecule has 18 heavy (non-hydrogen) atoms. The van der Waals surface area contributed by atoms with E-state index in [2.05, 4.69) is 19.2 Å². The molecule has 1 unspecified atom stereocenters. The normalized spacial score (nSPS) is 13.5. The molecular formula is C13H22N2O2S. The maximum absolute atomic E-state index is 11.1. The van der Waals surface area contributed by atoms with Crippen molar-refractivity contribution in [3.8, 4) is 0 Å². The Balaban J connectivity index is 2.40. The van der Waals surface area contributed by atoms with Gasteiger partial charge in [0.25, 0.3) is 0 Å². The van der Waals surface area contributed by atoms with Gasteiger partial charge in [-0.15, -0.1) is 0 Å². The van der Waals surface area contributed by atoms with E-state index in [0.717, 1.165) is 25.1 Å². The molecule has 0 spiro atoms. The molecular weight excluding hydrogens is 248 g/mol. The highest BCUT2D eigenvalue weighted by Crippen LogP contribution is 2.09. The van der Waals surface area contributed by atoms with Gasteiger partial charge in [-0.05, 0) is 43.1 Å². The second-order valence-corrected chi connectivity index (χ2v) is 6.22. The third-order valence-corrected chi connectivity index (χ3v) is 3.96. The van der Waals surface area contributed by atoms with Crippen LogP contribution in [0.4, 0.5) is 0 Å². The van der Waals surface area contributed by atoms with Crippen molar-refractivity contribution in [1.82, 2.24) is 5.32 Å². The number of hydrogen-bond donors (Lipinski definition) is 2. The Morgan fingerprint density at radius 2 is 1.89 bits per heavy atom. The molecule has 0 aliphatic heterocycles. The summed E-state index contributed by atoms with van der Waals surface area (Å²) in [5.41, 5.74) is 1.11. The Bertz CT molecular complexity index is 454. The largest absolute Gasteiger partial charge is 0.316 e. The fraction of sp³-hybridized carbons (Fsp3) is 0.538. The van der Waals surface area contributed by atoms with Crippen molar-refractivity contribution in [2.24, 2.45) is 11.1 Å². The van der Waals surface area contributed by atoms with Crippen molar-refractivity contribution in [2.45, 2.75) is 31.6 Å². The Morgan fingerprint density at radius 3 is 2.39 bits per heavy atom. The van der Waals surface area contributed by atoms with Crippen molar-refractivity contribution in [3.05, 3.63) is 29.8 Å². The van der Waals surface area contributed by atoms with Crippen molar-refractivity contribution >= 4 is 10.0 Å². The van der Waals surface area contributed by atoms with Gasteiger partial charge in [-0.25, -0.2) is 13.6 Å². The number of benzene rings is 1. The predicted molar refractivity (Wildman–Crippen MR) is 73.8 cm³/mol. The van der Waals surface area contributed by atoms with E-state index >= 15 is 0 Å². The minimum absolute atomic E-state index is 0.166. The van der Waals surface area contributed by atoms with E-state index in [1.807, 2.05) is 12.1 Å². The Hall–Kier alpha value is -0.910. The van der Waals surface area contributed by atoms with Crippen molar-refractivity contribution in [1.29, 1.82) is 0 Å². The van der Waals surface area contributed by atoms with Crippen molar-refractivity contribution in [2.75, 3.05) is 13.1 Å². The standard InChI is InChI=1S/C13H22N2O2S/c1-3-11(2)10-15-9-8-12-4-6-13(7-5-12)18(14,16)17/h4-7,11,15H,3,8-10H2,1-2H3,(H2,14,16,17). The summed E-state index contributed by atoms with van der Waals surface area (Å²) in [6.07, 6.45) is 2.07. The van der Waals surface area contributed by atoms with Gasteiger partial charge in [0.05, 0.1) is 4.90 Å². The summed E-state index contributed by atoms with van der Waals surface area (Å²) < 4.78 is 22.2. The predicted octanol–water partition coefficient (Wildman–Crippen LogP) is 1.51. The smallest absolute Gasteiger partial charge is 0.238 e. The minimum Gasteiger partial charge on any atom is -0.316 e. The fourth-order valence-corrected chi connectivity index (χ4v) is 2.09. The molecule has 3 N–H and O–H groups in total. The maximum atomic E-state index is 11.1. The molecule has 0 aromatic heterocycles. The van der Waals surface area contributed by atoms with Gasteiger partial charge in [0, 0.05) is 0 Å². The van der Waals surface area contributed by atoms with Gasteiger partial charge in [0.1, 0.15) is 0 Å². The van der Waals surface area contributed by atoms with Gasteiger partial charge in [-0.2, -0.15) is 0 Å². The number of sulfonamides is 1. The summed E-state index contributed by atoms with van der Waals surface area (Å²) in [5.74, 6) is 0.690. The van der Waals surface area contributed by atoms with Gasteiger partial charge in [0.2, 0.25) is 10.0 Å². The number of nitrogens with two attached hydrogens (primary N) is 1. The van der Waals surface area contributed by atoms with Gasteiger partial charge in [0.15, 0.2) is 0 Å². The molecule has 0 saturated carbocycles. The average molecular weight is 270 g/mol. The van der Waals surface area contributed by atoms with E-state index in [-0.39, 0.29) is 4.90 Å². The van der Waals surface area contributed by atoms with Crippen LogP contribution in [0, 0.1) is 5.92 Å². The molecule has 1 aromatic rings. The lowest BCUT2D eigenvalue weighted by atomic mass is 10.1. The Morgan fingerprint density at radius 1 is 1.28 bits per heavy atom. The van der Waals surface area contributed by atoms with Crippen LogP contribution in [0.3, 0.4) is 0 Å². The summed E-state index contributed by atoms with van der Waals surface area (Å²) in [5, 5.41) is 8.42. The van der Waals surface area contributed by atoms with Crippen molar-refractivity contribution < 1.29 is 8.42 Å². The summed E-state index contributed by atoms with van der Waals surface area (Å²) in [6, 6.07) is 6.73. The van der Waals surface area contributed by atoms with Crippen LogP contribution in [-0.2, 0) is 16.4 Å². The molecule has 0 aliphatic carbocycles. The van der Waals surface area contributed by atoms with Gasteiger partial charge in [-0.3, -0.25) is 0 Å². The lowest BCUT2D eigenvalue weighted by Gasteiger charge is -2.10. The quantitative estimate of drug-likeness (QED) is 0.738. The summed E-state index contributed by atoms with van der Waals surface area (Å²) >= 11 is 0. The van der Waals surface area contributed by atoms with E-state index in [9.17, 15) is 8.42 Å². The lowest BCUT2D eigenvalue weighted by molar-refractivity contribution is 0.502. The molecule has 0 radical (unpaired) electrons. The molecule has 0 heterocycles. The van der Waals surface area contributed by atoms with Crippen LogP contribution >= 0.6 is 0 Å². The van der Waals surface area contributed by atoms with Crippen LogP contribution in [0.2, 0.25) is 0 Å². The van der Waals surface area contributed by atoms with E-state index in [0.29, 0.717) is 5.92 Å². The number of nitrogens with one attached hydrogen (secondary N) is 1. The van der Waals surface area contributed by atoms with Gasteiger partial charge < -0.3 is 5.32 Å². The molecule has 1 rings (SSSR count). The zero-order valence-corrected chi connectivity index (χ0v) is 11.8. The molecule has 1 aromatic carbocycles. The Kier molecular flexibility index (Phi) is 5.78. The van der Waals surface area contributed by atoms with E-state index in [4.69, 9.17) is 5.14 Å². The molecule has 5 heteroatoms. The first-order valence-corrected chi connectivity index (χ1v) is 7.80. The molecule has 0 bridgehead atoms. The highest BCUT2D eigenvalue weighted by molar-refractivity contribution is 7.89. The van der Waals surface area contributed by atoms with Crippen LogP contribution < -0.4 is 10.5 Å². The third kappa shape index (κ3) is 5.16.